The van der Waals surface area contributed by atoms with Crippen LogP contribution in [0.5, 0.6) is 11.5 Å². The molecule has 0 bridgehead atoms. The molecular formula is C24H21N3O7S. The largest absolute Gasteiger partial charge is 0.502 e. The van der Waals surface area contributed by atoms with E-state index in [1.54, 1.807) is 38.1 Å². The fraction of sp³-hybridized carbons (Fsp3) is 0.208. The quantitative estimate of drug-likeness (QED) is 0.315. The number of ether oxygens (including phenoxy) is 2. The molecule has 1 aliphatic heterocycles. The molecule has 10 nitrogen and oxygen atoms in total. The highest BCUT2D eigenvalue weighted by molar-refractivity contribution is 7.07. The number of allylic oxidation sites excluding steroid dienone is 1. The standard InChI is InChI=1S/C24H21N3O7S/c1-4-34-23(30)20-13(2)25-24-26(21(20)15-7-5-6-8-18(15)33-3)22(29)19(35-24)12-14-9-10-17(28)16(11-14)27(31)32/h5-12,21,28H,4H2,1-3H3/b19-12-/t21-/m0/s1. The summed E-state index contributed by atoms with van der Waals surface area (Å²) in [6.45, 7) is 3.52. The molecule has 2 aromatic carbocycles. The van der Waals surface area contributed by atoms with Crippen LogP contribution < -0.4 is 19.6 Å². The molecule has 11 heteroatoms. The van der Waals surface area contributed by atoms with E-state index in [0.29, 0.717) is 27.4 Å². The molecule has 0 saturated heterocycles. The Balaban J connectivity index is 1.98. The Morgan fingerprint density at radius 1 is 1.31 bits per heavy atom. The third-order valence-electron chi connectivity index (χ3n) is 5.44. The van der Waals surface area contributed by atoms with Crippen molar-refractivity contribution in [2.75, 3.05) is 13.7 Å². The zero-order valence-corrected chi connectivity index (χ0v) is 19.9. The van der Waals surface area contributed by atoms with E-state index in [2.05, 4.69) is 4.99 Å². The number of para-hydroxylation sites is 1. The molecule has 1 aromatic heterocycles. The van der Waals surface area contributed by atoms with Gasteiger partial charge < -0.3 is 14.6 Å². The summed E-state index contributed by atoms with van der Waals surface area (Å²) in [4.78, 5) is 41.9. The maximum atomic E-state index is 13.6. The smallest absolute Gasteiger partial charge is 0.338 e. The van der Waals surface area contributed by atoms with E-state index in [9.17, 15) is 24.8 Å². The lowest BCUT2D eigenvalue weighted by molar-refractivity contribution is -0.385. The Labute approximate surface area is 202 Å². The number of thiazole rings is 1. The second-order valence-corrected chi connectivity index (χ2v) is 8.56. The summed E-state index contributed by atoms with van der Waals surface area (Å²) in [7, 11) is 1.50. The number of carbonyl (C=O) groups excluding carboxylic acids is 1. The fourth-order valence-corrected chi connectivity index (χ4v) is 4.95. The molecule has 1 atom stereocenters. The first kappa shape index (κ1) is 23.9. The molecule has 0 unspecified atom stereocenters. The lowest BCUT2D eigenvalue weighted by Crippen LogP contribution is -2.40. The number of esters is 1. The number of nitrogens with zero attached hydrogens (tertiary/aromatic N) is 3. The minimum atomic E-state index is -0.849. The average molecular weight is 496 g/mol. The predicted molar refractivity (Wildman–Crippen MR) is 128 cm³/mol. The first-order chi connectivity index (χ1) is 16.8. The van der Waals surface area contributed by atoms with Crippen LogP contribution in [0.1, 0.15) is 31.0 Å². The summed E-state index contributed by atoms with van der Waals surface area (Å²) < 4.78 is 12.4. The Morgan fingerprint density at radius 3 is 2.74 bits per heavy atom. The molecule has 1 aliphatic rings. The van der Waals surface area contributed by atoms with Crippen LogP contribution in [-0.2, 0) is 9.53 Å². The molecule has 3 aromatic rings. The molecule has 2 heterocycles. The molecule has 4 rings (SSSR count). The Morgan fingerprint density at radius 2 is 2.06 bits per heavy atom. The summed E-state index contributed by atoms with van der Waals surface area (Å²) in [5.74, 6) is -0.578. The monoisotopic (exact) mass is 495 g/mol. The average Bonchev–Trinajstić information content (AvgIpc) is 3.13. The molecule has 35 heavy (non-hydrogen) atoms. The van der Waals surface area contributed by atoms with E-state index in [1.165, 1.54) is 36.0 Å². The van der Waals surface area contributed by atoms with Crippen LogP contribution in [-0.4, -0.2) is 34.3 Å². The van der Waals surface area contributed by atoms with Crippen molar-refractivity contribution in [3.05, 3.63) is 94.7 Å². The van der Waals surface area contributed by atoms with Gasteiger partial charge in [-0.3, -0.25) is 19.5 Å². The number of hydrogen-bond donors (Lipinski definition) is 1. The summed E-state index contributed by atoms with van der Waals surface area (Å²) in [5.41, 5.74) is 0.659. The maximum absolute atomic E-state index is 13.6. The minimum Gasteiger partial charge on any atom is -0.502 e. The molecule has 0 saturated carbocycles. The number of nitro benzene ring substituents is 1. The third-order valence-corrected chi connectivity index (χ3v) is 6.43. The molecule has 0 spiro atoms. The topological polar surface area (TPSA) is 133 Å². The van der Waals surface area contributed by atoms with Crippen LogP contribution in [0, 0.1) is 10.1 Å². The minimum absolute atomic E-state index is 0.151. The Kier molecular flexibility index (Phi) is 6.52. The van der Waals surface area contributed by atoms with Crippen molar-refractivity contribution < 1.29 is 24.3 Å². The van der Waals surface area contributed by atoms with Crippen molar-refractivity contribution in [3.8, 4) is 11.5 Å². The summed E-state index contributed by atoms with van der Waals surface area (Å²) in [6.07, 6.45) is 1.49. The highest BCUT2D eigenvalue weighted by Gasteiger charge is 2.34. The highest BCUT2D eigenvalue weighted by atomic mass is 32.1. The van der Waals surface area contributed by atoms with Crippen LogP contribution >= 0.6 is 11.3 Å². The van der Waals surface area contributed by atoms with Gasteiger partial charge in [0.2, 0.25) is 0 Å². The van der Waals surface area contributed by atoms with Crippen LogP contribution in [0.25, 0.3) is 6.08 Å². The van der Waals surface area contributed by atoms with Crippen molar-refractivity contribution in [1.29, 1.82) is 0 Å². The number of methoxy groups -OCH3 is 1. The normalized spacial score (nSPS) is 15.4. The number of rotatable bonds is 6. The van der Waals surface area contributed by atoms with Gasteiger partial charge >= 0.3 is 11.7 Å². The van der Waals surface area contributed by atoms with Gasteiger partial charge in [-0.2, -0.15) is 0 Å². The molecule has 0 aliphatic carbocycles. The first-order valence-electron chi connectivity index (χ1n) is 10.6. The first-order valence-corrected chi connectivity index (χ1v) is 11.4. The van der Waals surface area contributed by atoms with E-state index in [4.69, 9.17) is 9.47 Å². The molecule has 180 valence electrons. The molecule has 1 N–H and O–H groups in total. The number of fused-ring (bicyclic) bond motifs is 1. The van der Waals surface area contributed by atoms with Gasteiger partial charge in [0.25, 0.3) is 5.56 Å². The van der Waals surface area contributed by atoms with Crippen molar-refractivity contribution in [2.45, 2.75) is 19.9 Å². The number of phenols is 1. The van der Waals surface area contributed by atoms with Gasteiger partial charge in [0.05, 0.1) is 34.4 Å². The van der Waals surface area contributed by atoms with Crippen molar-refractivity contribution in [2.24, 2.45) is 4.99 Å². The van der Waals surface area contributed by atoms with Gasteiger partial charge in [0.1, 0.15) is 11.8 Å². The lowest BCUT2D eigenvalue weighted by atomic mass is 9.95. The lowest BCUT2D eigenvalue weighted by Gasteiger charge is -2.25. The van der Waals surface area contributed by atoms with Gasteiger partial charge in [-0.05, 0) is 37.6 Å². The number of hydrogen-bond acceptors (Lipinski definition) is 9. The van der Waals surface area contributed by atoms with Crippen molar-refractivity contribution in [3.63, 3.8) is 0 Å². The number of aromatic nitrogens is 1. The number of benzene rings is 2. The van der Waals surface area contributed by atoms with Crippen molar-refractivity contribution >= 4 is 29.1 Å². The summed E-state index contributed by atoms with van der Waals surface area (Å²) >= 11 is 1.09. The maximum Gasteiger partial charge on any atom is 0.338 e. The number of phenolic OH excluding ortho intramolecular Hbond substituents is 1. The number of carbonyl (C=O) groups is 1. The molecule has 0 amide bonds. The van der Waals surface area contributed by atoms with Crippen LogP contribution in [0.4, 0.5) is 5.69 Å². The zero-order chi connectivity index (χ0) is 25.3. The molecular weight excluding hydrogens is 474 g/mol. The second kappa shape index (κ2) is 9.55. The van der Waals surface area contributed by atoms with Gasteiger partial charge in [0, 0.05) is 11.6 Å². The fourth-order valence-electron chi connectivity index (χ4n) is 3.91. The van der Waals surface area contributed by atoms with Crippen LogP contribution in [0.3, 0.4) is 0 Å². The molecule has 0 radical (unpaired) electrons. The third kappa shape index (κ3) is 4.33. The van der Waals surface area contributed by atoms with Crippen molar-refractivity contribution in [1.82, 2.24) is 4.57 Å². The van der Waals surface area contributed by atoms with E-state index in [-0.39, 0.29) is 16.7 Å². The Hall–Kier alpha value is -4.25. The van der Waals surface area contributed by atoms with E-state index < -0.39 is 33.9 Å². The van der Waals surface area contributed by atoms with Gasteiger partial charge in [0.15, 0.2) is 10.6 Å². The van der Waals surface area contributed by atoms with Gasteiger partial charge in [-0.25, -0.2) is 9.79 Å². The predicted octanol–water partition coefficient (Wildman–Crippen LogP) is 2.42. The van der Waals surface area contributed by atoms with Crippen LogP contribution in [0.2, 0.25) is 0 Å². The summed E-state index contributed by atoms with van der Waals surface area (Å²) in [6, 6.07) is 10.1. The number of nitro groups is 1. The highest BCUT2D eigenvalue weighted by Crippen LogP contribution is 2.35. The zero-order valence-electron chi connectivity index (χ0n) is 19.0. The van der Waals surface area contributed by atoms with E-state index in [0.717, 1.165) is 11.3 Å². The second-order valence-electron chi connectivity index (χ2n) is 7.55. The SMILES string of the molecule is CCOC(=O)C1=C(C)N=c2s/c(=C\c3ccc(O)c([N+](=O)[O-])c3)c(=O)n2[C@H]1c1ccccc1OC. The van der Waals surface area contributed by atoms with Gasteiger partial charge in [-0.15, -0.1) is 0 Å². The number of aromatic hydroxyl groups is 1. The van der Waals surface area contributed by atoms with E-state index >= 15 is 0 Å². The Bertz CT molecular complexity index is 1550. The van der Waals surface area contributed by atoms with Gasteiger partial charge in [-0.1, -0.05) is 35.6 Å². The molecule has 0 fully saturated rings. The van der Waals surface area contributed by atoms with Crippen LogP contribution in [0.15, 0.2) is 63.5 Å². The summed E-state index contributed by atoms with van der Waals surface area (Å²) in [5, 5.41) is 20.9. The van der Waals surface area contributed by atoms with E-state index in [1.807, 2.05) is 0 Å².